The minimum atomic E-state index is -4.88. The van der Waals surface area contributed by atoms with Crippen LogP contribution in [-0.2, 0) is 4.79 Å². The van der Waals surface area contributed by atoms with Crippen molar-refractivity contribution in [3.63, 3.8) is 0 Å². The molecule has 18 heavy (non-hydrogen) atoms. The number of alkyl halides is 3. The summed E-state index contributed by atoms with van der Waals surface area (Å²) < 4.78 is 53.7. The fraction of sp³-hybridized carbons (Fsp3) is 0.364. The summed E-state index contributed by atoms with van der Waals surface area (Å²) in [6.45, 7) is -0.320. The molecular weight excluding hydrogens is 254 g/mol. The first-order chi connectivity index (χ1) is 8.30. The van der Waals surface area contributed by atoms with Crippen LogP contribution < -0.4 is 4.74 Å². The van der Waals surface area contributed by atoms with Crippen LogP contribution in [0.5, 0.6) is 5.75 Å². The number of carbonyl (C=O) groups is 1. The zero-order chi connectivity index (χ0) is 13.8. The molecule has 0 unspecified atom stereocenters. The van der Waals surface area contributed by atoms with Crippen LogP contribution in [0.2, 0.25) is 0 Å². The van der Waals surface area contributed by atoms with E-state index in [1.807, 2.05) is 0 Å². The Hall–Kier alpha value is -1.79. The molecule has 1 aromatic carbocycles. The van der Waals surface area contributed by atoms with Crippen LogP contribution in [-0.4, -0.2) is 37.2 Å². The molecular formula is C11H11F4NO2. The number of halogens is 4. The maximum absolute atomic E-state index is 12.5. The van der Waals surface area contributed by atoms with Gasteiger partial charge in [0.05, 0.1) is 6.54 Å². The Morgan fingerprint density at radius 3 is 2.33 bits per heavy atom. The van der Waals surface area contributed by atoms with Crippen molar-refractivity contribution in [2.24, 2.45) is 0 Å². The molecule has 0 aromatic heterocycles. The van der Waals surface area contributed by atoms with E-state index in [2.05, 4.69) is 0 Å². The quantitative estimate of drug-likeness (QED) is 0.781. The molecule has 0 bridgehead atoms. The van der Waals surface area contributed by atoms with Crippen molar-refractivity contribution in [3.05, 3.63) is 30.1 Å². The van der Waals surface area contributed by atoms with Crippen LogP contribution in [0.15, 0.2) is 24.3 Å². The molecule has 7 heteroatoms. The molecule has 0 atom stereocenters. The first-order valence-corrected chi connectivity index (χ1v) is 5.01. The fourth-order valence-electron chi connectivity index (χ4n) is 1.15. The number of benzene rings is 1. The average molecular weight is 265 g/mol. The maximum Gasteiger partial charge on any atom is 0.471 e. The smallest absolute Gasteiger partial charge is 0.471 e. The van der Waals surface area contributed by atoms with Crippen molar-refractivity contribution >= 4 is 5.91 Å². The van der Waals surface area contributed by atoms with Crippen molar-refractivity contribution in [2.45, 2.75) is 6.18 Å². The molecule has 0 N–H and O–H groups in total. The molecule has 100 valence electrons. The van der Waals surface area contributed by atoms with Crippen molar-refractivity contribution in [1.82, 2.24) is 4.90 Å². The van der Waals surface area contributed by atoms with Gasteiger partial charge in [-0.2, -0.15) is 13.2 Å². The molecule has 1 amide bonds. The second-order valence-corrected chi connectivity index (χ2v) is 3.53. The zero-order valence-corrected chi connectivity index (χ0v) is 9.50. The highest BCUT2D eigenvalue weighted by atomic mass is 19.4. The lowest BCUT2D eigenvalue weighted by Gasteiger charge is -2.18. The Balaban J connectivity index is 2.38. The molecule has 0 aliphatic carbocycles. The van der Waals surface area contributed by atoms with Crippen molar-refractivity contribution in [1.29, 1.82) is 0 Å². The molecule has 1 rings (SSSR count). The molecule has 0 heterocycles. The molecule has 3 nitrogen and oxygen atoms in total. The van der Waals surface area contributed by atoms with Crippen molar-refractivity contribution in [2.75, 3.05) is 20.2 Å². The van der Waals surface area contributed by atoms with Gasteiger partial charge in [-0.25, -0.2) is 4.39 Å². The second kappa shape index (κ2) is 5.70. The number of nitrogens with zero attached hydrogens (tertiary/aromatic N) is 1. The number of hydrogen-bond acceptors (Lipinski definition) is 2. The third-order valence-corrected chi connectivity index (χ3v) is 2.10. The van der Waals surface area contributed by atoms with Crippen LogP contribution in [0, 0.1) is 5.82 Å². The summed E-state index contributed by atoms with van der Waals surface area (Å²) >= 11 is 0. The first kappa shape index (κ1) is 14.3. The van der Waals surface area contributed by atoms with Gasteiger partial charge in [0.2, 0.25) is 0 Å². The van der Waals surface area contributed by atoms with E-state index in [0.29, 0.717) is 10.6 Å². The number of hydrogen-bond donors (Lipinski definition) is 0. The van der Waals surface area contributed by atoms with Gasteiger partial charge in [0, 0.05) is 7.05 Å². The lowest BCUT2D eigenvalue weighted by Crippen LogP contribution is -2.40. The Morgan fingerprint density at radius 1 is 1.28 bits per heavy atom. The SMILES string of the molecule is CN(CCOc1ccc(F)cc1)C(=O)C(F)(F)F. The van der Waals surface area contributed by atoms with E-state index in [1.54, 1.807) is 0 Å². The maximum atomic E-state index is 12.5. The van der Waals surface area contributed by atoms with Crippen LogP contribution in [0.4, 0.5) is 17.6 Å². The van der Waals surface area contributed by atoms with Gasteiger partial charge in [0.25, 0.3) is 0 Å². The Morgan fingerprint density at radius 2 is 1.83 bits per heavy atom. The van der Waals surface area contributed by atoms with Gasteiger partial charge in [-0.05, 0) is 24.3 Å². The highest BCUT2D eigenvalue weighted by molar-refractivity contribution is 5.81. The van der Waals surface area contributed by atoms with Gasteiger partial charge in [-0.15, -0.1) is 0 Å². The van der Waals surface area contributed by atoms with E-state index in [-0.39, 0.29) is 13.2 Å². The van der Waals surface area contributed by atoms with E-state index in [4.69, 9.17) is 4.74 Å². The van der Waals surface area contributed by atoms with Crippen molar-refractivity contribution < 1.29 is 27.1 Å². The highest BCUT2D eigenvalue weighted by Gasteiger charge is 2.40. The van der Waals surface area contributed by atoms with E-state index in [0.717, 1.165) is 7.05 Å². The molecule has 0 aliphatic rings. The van der Waals surface area contributed by atoms with Crippen molar-refractivity contribution in [3.8, 4) is 5.75 Å². The van der Waals surface area contributed by atoms with Crippen LogP contribution in [0.3, 0.4) is 0 Å². The molecule has 0 fully saturated rings. The van der Waals surface area contributed by atoms with E-state index in [1.165, 1.54) is 24.3 Å². The average Bonchev–Trinajstić information content (AvgIpc) is 2.29. The number of amides is 1. The minimum Gasteiger partial charge on any atom is -0.492 e. The predicted octanol–water partition coefficient (Wildman–Crippen LogP) is 2.23. The van der Waals surface area contributed by atoms with E-state index < -0.39 is 17.9 Å². The highest BCUT2D eigenvalue weighted by Crippen LogP contribution is 2.17. The van der Waals surface area contributed by atoms with Gasteiger partial charge in [-0.1, -0.05) is 0 Å². The predicted molar refractivity (Wildman–Crippen MR) is 55.6 cm³/mol. The summed E-state index contributed by atoms with van der Waals surface area (Å²) in [7, 11) is 1.03. The molecule has 0 saturated heterocycles. The summed E-state index contributed by atoms with van der Waals surface area (Å²) in [6.07, 6.45) is -4.88. The van der Waals surface area contributed by atoms with Gasteiger partial charge in [-0.3, -0.25) is 4.79 Å². The van der Waals surface area contributed by atoms with E-state index >= 15 is 0 Å². The van der Waals surface area contributed by atoms with Crippen LogP contribution >= 0.6 is 0 Å². The summed E-state index contributed by atoms with van der Waals surface area (Å²) in [5, 5.41) is 0. The Kier molecular flexibility index (Phi) is 4.52. The summed E-state index contributed by atoms with van der Waals surface area (Å²) in [6, 6.07) is 5.03. The van der Waals surface area contributed by atoms with Crippen LogP contribution in [0.1, 0.15) is 0 Å². The standard InChI is InChI=1S/C11H11F4NO2/c1-16(10(17)11(13,14)15)6-7-18-9-4-2-8(12)3-5-9/h2-5H,6-7H2,1H3. The third-order valence-electron chi connectivity index (χ3n) is 2.10. The normalized spacial score (nSPS) is 11.2. The molecule has 0 saturated carbocycles. The lowest BCUT2D eigenvalue weighted by atomic mass is 10.3. The zero-order valence-electron chi connectivity index (χ0n) is 9.50. The van der Waals surface area contributed by atoms with Gasteiger partial charge in [0.1, 0.15) is 18.2 Å². The topological polar surface area (TPSA) is 29.5 Å². The largest absolute Gasteiger partial charge is 0.492 e. The minimum absolute atomic E-state index is 0.107. The fourth-order valence-corrected chi connectivity index (χ4v) is 1.15. The number of rotatable bonds is 4. The Bertz CT molecular complexity index is 402. The van der Waals surface area contributed by atoms with Crippen LogP contribution in [0.25, 0.3) is 0 Å². The van der Waals surface area contributed by atoms with E-state index in [9.17, 15) is 22.4 Å². The monoisotopic (exact) mass is 265 g/mol. The first-order valence-electron chi connectivity index (χ1n) is 5.01. The third kappa shape index (κ3) is 4.23. The molecule has 0 aliphatic heterocycles. The summed E-state index contributed by atoms with van der Waals surface area (Å²) in [5.41, 5.74) is 0. The van der Waals surface area contributed by atoms with Gasteiger partial charge < -0.3 is 9.64 Å². The summed E-state index contributed by atoms with van der Waals surface area (Å²) in [5.74, 6) is -2.04. The Labute approximate surface area is 101 Å². The van der Waals surface area contributed by atoms with Gasteiger partial charge >= 0.3 is 12.1 Å². The molecule has 0 radical (unpaired) electrons. The van der Waals surface area contributed by atoms with Gasteiger partial charge in [0.15, 0.2) is 0 Å². The summed E-state index contributed by atoms with van der Waals surface area (Å²) in [4.78, 5) is 11.3. The molecule has 1 aromatic rings. The number of likely N-dealkylation sites (N-methyl/N-ethyl adjacent to an activating group) is 1. The second-order valence-electron chi connectivity index (χ2n) is 3.53. The number of carbonyl (C=O) groups excluding carboxylic acids is 1. The number of ether oxygens (including phenoxy) is 1. The lowest BCUT2D eigenvalue weighted by molar-refractivity contribution is -0.184. The molecule has 0 spiro atoms.